The summed E-state index contributed by atoms with van der Waals surface area (Å²) in [7, 11) is 0. The van der Waals surface area contributed by atoms with Crippen LogP contribution in [0.25, 0.3) is 0 Å². The number of nitrogens with zero attached hydrogens (tertiary/aromatic N) is 4. The molecular formula is C27H37N5O4. The molecule has 2 aliphatic heterocycles. The zero-order valence-electron chi connectivity index (χ0n) is 21.6. The van der Waals surface area contributed by atoms with Gasteiger partial charge in [0.1, 0.15) is 11.5 Å². The Morgan fingerprint density at radius 2 is 1.86 bits per heavy atom. The Balaban J connectivity index is 1.29. The molecule has 2 amide bonds. The first kappa shape index (κ1) is 25.7. The second kappa shape index (κ2) is 11.6. The fraction of sp³-hybridized carbons (Fsp3) is 0.556. The van der Waals surface area contributed by atoms with E-state index in [9.17, 15) is 14.4 Å². The van der Waals surface area contributed by atoms with Gasteiger partial charge in [-0.1, -0.05) is 6.07 Å². The van der Waals surface area contributed by atoms with Crippen LogP contribution >= 0.6 is 0 Å². The van der Waals surface area contributed by atoms with Gasteiger partial charge < -0.3 is 24.4 Å². The summed E-state index contributed by atoms with van der Waals surface area (Å²) < 4.78 is 5.12. The molecule has 2 aromatic rings. The summed E-state index contributed by atoms with van der Waals surface area (Å²) in [6, 6.07) is 5.88. The van der Waals surface area contributed by atoms with Gasteiger partial charge in [0.2, 0.25) is 11.8 Å². The number of carbonyl (C=O) groups is 3. The summed E-state index contributed by atoms with van der Waals surface area (Å²) in [6.07, 6.45) is 4.36. The summed E-state index contributed by atoms with van der Waals surface area (Å²) in [4.78, 5) is 52.0. The van der Waals surface area contributed by atoms with E-state index in [-0.39, 0.29) is 23.7 Å². The van der Waals surface area contributed by atoms with Crippen molar-refractivity contribution in [3.05, 3.63) is 46.9 Å². The van der Waals surface area contributed by atoms with Gasteiger partial charge in [-0.15, -0.1) is 0 Å². The second-order valence-corrected chi connectivity index (χ2v) is 9.63. The van der Waals surface area contributed by atoms with E-state index in [0.29, 0.717) is 51.3 Å². The maximum Gasteiger partial charge on any atom is 0.355 e. The third-order valence-corrected chi connectivity index (χ3v) is 7.35. The number of rotatable bonds is 7. The number of aromatic amines is 1. The molecule has 36 heavy (non-hydrogen) atoms. The summed E-state index contributed by atoms with van der Waals surface area (Å²) in [5.74, 6) is 0.653. The fourth-order valence-electron chi connectivity index (χ4n) is 5.32. The van der Waals surface area contributed by atoms with Crippen molar-refractivity contribution >= 4 is 23.6 Å². The number of likely N-dealkylation sites (tertiary alicyclic amines) is 1. The molecule has 194 valence electrons. The normalized spacial score (nSPS) is 18.3. The number of piperidine rings is 1. The van der Waals surface area contributed by atoms with Crippen molar-refractivity contribution < 1.29 is 19.1 Å². The number of piperazine rings is 1. The molecule has 0 saturated carbocycles. The lowest BCUT2D eigenvalue weighted by Crippen LogP contribution is -2.53. The molecule has 2 fully saturated rings. The van der Waals surface area contributed by atoms with Crippen LogP contribution in [0.4, 0.5) is 5.82 Å². The third kappa shape index (κ3) is 5.71. The number of H-pyrrole nitrogens is 1. The predicted octanol–water partition coefficient (Wildman–Crippen LogP) is 2.72. The number of hydrogen-bond donors (Lipinski definition) is 1. The Morgan fingerprint density at radius 3 is 2.56 bits per heavy atom. The van der Waals surface area contributed by atoms with Crippen molar-refractivity contribution in [3.8, 4) is 0 Å². The Kier molecular flexibility index (Phi) is 8.28. The van der Waals surface area contributed by atoms with E-state index < -0.39 is 0 Å². The number of amides is 2. The van der Waals surface area contributed by atoms with Crippen LogP contribution in [-0.2, 0) is 20.7 Å². The van der Waals surface area contributed by atoms with Crippen LogP contribution in [0.2, 0.25) is 0 Å². The van der Waals surface area contributed by atoms with E-state index >= 15 is 0 Å². The molecule has 0 aromatic carbocycles. The first-order valence-corrected chi connectivity index (χ1v) is 13.0. The number of anilines is 1. The van der Waals surface area contributed by atoms with Gasteiger partial charge in [0.15, 0.2) is 0 Å². The van der Waals surface area contributed by atoms with Gasteiger partial charge >= 0.3 is 5.97 Å². The first-order chi connectivity index (χ1) is 17.4. The molecule has 2 saturated heterocycles. The highest BCUT2D eigenvalue weighted by Crippen LogP contribution is 2.24. The third-order valence-electron chi connectivity index (χ3n) is 7.35. The summed E-state index contributed by atoms with van der Waals surface area (Å²) in [6.45, 7) is 9.95. The van der Waals surface area contributed by atoms with Gasteiger partial charge in [0.05, 0.1) is 12.5 Å². The molecule has 2 aromatic heterocycles. The van der Waals surface area contributed by atoms with Crippen molar-refractivity contribution in [2.75, 3.05) is 50.8 Å². The van der Waals surface area contributed by atoms with Crippen molar-refractivity contribution in [2.24, 2.45) is 5.92 Å². The minimum absolute atomic E-state index is 0.0603. The average molecular weight is 496 g/mol. The molecule has 1 N–H and O–H groups in total. The van der Waals surface area contributed by atoms with E-state index in [1.165, 1.54) is 0 Å². The molecule has 0 radical (unpaired) electrons. The van der Waals surface area contributed by atoms with Crippen LogP contribution in [0.5, 0.6) is 0 Å². The highest BCUT2D eigenvalue weighted by Gasteiger charge is 2.33. The number of pyridine rings is 1. The van der Waals surface area contributed by atoms with Crippen LogP contribution in [0.3, 0.4) is 0 Å². The summed E-state index contributed by atoms with van der Waals surface area (Å²) in [5, 5.41) is 0. The van der Waals surface area contributed by atoms with Crippen LogP contribution in [0.15, 0.2) is 24.4 Å². The minimum atomic E-state index is -0.367. The number of nitrogens with one attached hydrogen (secondary N) is 1. The zero-order valence-corrected chi connectivity index (χ0v) is 21.6. The maximum absolute atomic E-state index is 13.3. The first-order valence-electron chi connectivity index (χ1n) is 13.0. The Bertz CT molecular complexity index is 1080. The van der Waals surface area contributed by atoms with Crippen molar-refractivity contribution in [3.63, 3.8) is 0 Å². The van der Waals surface area contributed by atoms with E-state index in [0.717, 1.165) is 48.6 Å². The largest absolute Gasteiger partial charge is 0.461 e. The molecule has 0 aliphatic carbocycles. The topological polar surface area (TPSA) is 98.8 Å². The van der Waals surface area contributed by atoms with Gasteiger partial charge in [0.25, 0.3) is 0 Å². The van der Waals surface area contributed by atoms with E-state index in [4.69, 9.17) is 4.74 Å². The van der Waals surface area contributed by atoms with Gasteiger partial charge in [-0.25, -0.2) is 9.78 Å². The number of ether oxygens (including phenoxy) is 1. The number of hydrogen-bond acceptors (Lipinski definition) is 6. The SMILES string of the molecule is CCOC(=O)c1[nH]c(C)c(CCC(=O)N2CCC[C@@H](C(=O)N3CCN(c4ccccn4)CC3)C2)c1C. The molecule has 2 aliphatic rings. The highest BCUT2D eigenvalue weighted by molar-refractivity contribution is 5.90. The lowest BCUT2D eigenvalue weighted by atomic mass is 9.95. The summed E-state index contributed by atoms with van der Waals surface area (Å²) >= 11 is 0. The quantitative estimate of drug-likeness (QED) is 0.593. The van der Waals surface area contributed by atoms with Crippen LogP contribution in [0, 0.1) is 19.8 Å². The Morgan fingerprint density at radius 1 is 1.08 bits per heavy atom. The van der Waals surface area contributed by atoms with Crippen molar-refractivity contribution in [1.82, 2.24) is 19.8 Å². The van der Waals surface area contributed by atoms with Gasteiger partial charge in [-0.05, 0) is 63.3 Å². The standard InChI is InChI=1S/C27H37N5O4/c1-4-36-27(35)25-19(2)22(20(3)29-25)10-11-24(33)32-13-7-8-21(18-32)26(34)31-16-14-30(15-17-31)23-9-5-6-12-28-23/h5-6,9,12,21,29H,4,7-8,10-11,13-18H2,1-3H3/t21-/m1/s1. The Hall–Kier alpha value is -3.36. The van der Waals surface area contributed by atoms with Crippen LogP contribution < -0.4 is 4.90 Å². The van der Waals surface area contributed by atoms with E-state index in [1.54, 1.807) is 13.1 Å². The van der Waals surface area contributed by atoms with Gasteiger partial charge in [0, 0.05) is 57.6 Å². The van der Waals surface area contributed by atoms with Crippen LogP contribution in [-0.4, -0.2) is 83.4 Å². The number of aryl methyl sites for hydroxylation is 1. The molecule has 9 nitrogen and oxygen atoms in total. The highest BCUT2D eigenvalue weighted by atomic mass is 16.5. The zero-order chi connectivity index (χ0) is 25.7. The molecule has 0 spiro atoms. The predicted molar refractivity (Wildman–Crippen MR) is 137 cm³/mol. The lowest BCUT2D eigenvalue weighted by Gasteiger charge is -2.39. The van der Waals surface area contributed by atoms with Crippen molar-refractivity contribution in [1.29, 1.82) is 0 Å². The molecule has 4 heterocycles. The molecule has 4 rings (SSSR count). The number of aromatic nitrogens is 2. The maximum atomic E-state index is 13.3. The van der Waals surface area contributed by atoms with Crippen LogP contribution in [0.1, 0.15) is 53.5 Å². The fourth-order valence-corrected chi connectivity index (χ4v) is 5.32. The molecule has 0 bridgehead atoms. The minimum Gasteiger partial charge on any atom is -0.461 e. The number of esters is 1. The monoisotopic (exact) mass is 495 g/mol. The molecule has 1 atom stereocenters. The molecule has 0 unspecified atom stereocenters. The Labute approximate surface area is 212 Å². The van der Waals surface area contributed by atoms with Crippen molar-refractivity contribution in [2.45, 2.75) is 46.5 Å². The lowest BCUT2D eigenvalue weighted by molar-refractivity contribution is -0.141. The van der Waals surface area contributed by atoms with Gasteiger partial charge in [-0.3, -0.25) is 9.59 Å². The molecule has 9 heteroatoms. The molecular weight excluding hydrogens is 458 g/mol. The smallest absolute Gasteiger partial charge is 0.355 e. The summed E-state index contributed by atoms with van der Waals surface area (Å²) in [5.41, 5.74) is 3.18. The second-order valence-electron chi connectivity index (χ2n) is 9.63. The number of carbonyl (C=O) groups excluding carboxylic acids is 3. The van der Waals surface area contributed by atoms with E-state index in [2.05, 4.69) is 14.9 Å². The van der Waals surface area contributed by atoms with E-state index in [1.807, 2.05) is 41.8 Å². The van der Waals surface area contributed by atoms with Gasteiger partial charge in [-0.2, -0.15) is 0 Å². The average Bonchev–Trinajstić information content (AvgIpc) is 3.20.